The zero-order valence-corrected chi connectivity index (χ0v) is 14.3. The first-order valence-corrected chi connectivity index (χ1v) is 7.94. The molecule has 2 aromatic rings. The molecule has 0 amide bonds. The molecule has 0 saturated carbocycles. The summed E-state index contributed by atoms with van der Waals surface area (Å²) in [6.45, 7) is 3.71. The van der Waals surface area contributed by atoms with Gasteiger partial charge in [-0.2, -0.15) is 18.3 Å². The van der Waals surface area contributed by atoms with Crippen LogP contribution in [0.1, 0.15) is 23.1 Å². The first kappa shape index (κ1) is 17.3. The Hall–Kier alpha value is -2.50. The molecule has 3 rings (SSSR count). The quantitative estimate of drug-likeness (QED) is 0.791. The zero-order valence-electron chi connectivity index (χ0n) is 14.3. The van der Waals surface area contributed by atoms with Crippen LogP contribution in [0.2, 0.25) is 0 Å². The summed E-state index contributed by atoms with van der Waals surface area (Å²) >= 11 is 0. The van der Waals surface area contributed by atoms with E-state index < -0.39 is 12.2 Å². The molecule has 25 heavy (non-hydrogen) atoms. The normalized spacial score (nSPS) is 17.6. The molecular formula is C19H19F3N2O. The van der Waals surface area contributed by atoms with Crippen molar-refractivity contribution in [3.8, 4) is 5.75 Å². The van der Waals surface area contributed by atoms with Gasteiger partial charge in [0, 0.05) is 12.0 Å². The predicted octanol–water partition coefficient (Wildman–Crippen LogP) is 4.86. The van der Waals surface area contributed by atoms with Crippen molar-refractivity contribution in [1.29, 1.82) is 0 Å². The Morgan fingerprint density at radius 1 is 1.12 bits per heavy atom. The fourth-order valence-corrected chi connectivity index (χ4v) is 3.03. The predicted molar refractivity (Wildman–Crippen MR) is 92.4 cm³/mol. The number of aryl methyl sites for hydroxylation is 2. The number of hydrogen-bond acceptors (Lipinski definition) is 3. The van der Waals surface area contributed by atoms with Crippen molar-refractivity contribution in [1.82, 2.24) is 0 Å². The second-order valence-corrected chi connectivity index (χ2v) is 6.17. The number of rotatable bonds is 3. The number of anilines is 1. The van der Waals surface area contributed by atoms with E-state index in [-0.39, 0.29) is 6.42 Å². The largest absolute Gasteiger partial charge is 0.497 e. The van der Waals surface area contributed by atoms with E-state index in [0.29, 0.717) is 22.7 Å². The summed E-state index contributed by atoms with van der Waals surface area (Å²) in [7, 11) is 1.52. The van der Waals surface area contributed by atoms with E-state index in [1.54, 1.807) is 43.3 Å². The monoisotopic (exact) mass is 348 g/mol. The average molecular weight is 348 g/mol. The van der Waals surface area contributed by atoms with Crippen molar-refractivity contribution in [2.45, 2.75) is 32.5 Å². The zero-order chi connectivity index (χ0) is 18.2. The highest BCUT2D eigenvalue weighted by Gasteiger charge is 2.48. The molecule has 0 N–H and O–H groups in total. The molecule has 2 aromatic carbocycles. The second-order valence-electron chi connectivity index (χ2n) is 6.17. The van der Waals surface area contributed by atoms with Gasteiger partial charge in [-0.3, -0.25) is 5.01 Å². The maximum absolute atomic E-state index is 13.6. The average Bonchev–Trinajstić information content (AvgIpc) is 3.00. The maximum Gasteiger partial charge on any atom is 0.411 e. The summed E-state index contributed by atoms with van der Waals surface area (Å²) in [5.41, 5.74) is 3.29. The van der Waals surface area contributed by atoms with E-state index in [9.17, 15) is 13.2 Å². The van der Waals surface area contributed by atoms with Crippen LogP contribution in [0.5, 0.6) is 5.75 Å². The van der Waals surface area contributed by atoms with Crippen LogP contribution in [0.3, 0.4) is 0 Å². The highest BCUT2D eigenvalue weighted by Crippen LogP contribution is 2.38. The molecule has 0 bridgehead atoms. The SMILES string of the molecule is COc1cccc(C2=NN(c3ccc(C)cc3C)[C@H](C(F)(F)F)C2)c1. The lowest BCUT2D eigenvalue weighted by atomic mass is 10.0. The van der Waals surface area contributed by atoms with Gasteiger partial charge in [0.15, 0.2) is 6.04 Å². The topological polar surface area (TPSA) is 24.8 Å². The summed E-state index contributed by atoms with van der Waals surface area (Å²) < 4.78 is 46.0. The molecule has 0 aromatic heterocycles. The molecule has 0 spiro atoms. The third kappa shape index (κ3) is 3.48. The van der Waals surface area contributed by atoms with E-state index in [1.165, 1.54) is 7.11 Å². The molecule has 1 heterocycles. The molecule has 3 nitrogen and oxygen atoms in total. The number of alkyl halides is 3. The molecular weight excluding hydrogens is 329 g/mol. The van der Waals surface area contributed by atoms with Gasteiger partial charge in [-0.05, 0) is 37.6 Å². The van der Waals surface area contributed by atoms with E-state index >= 15 is 0 Å². The summed E-state index contributed by atoms with van der Waals surface area (Å²) in [6, 6.07) is 10.6. The van der Waals surface area contributed by atoms with Gasteiger partial charge in [-0.1, -0.05) is 29.8 Å². The molecule has 1 aliphatic heterocycles. The number of hydrazone groups is 1. The summed E-state index contributed by atoms with van der Waals surface area (Å²) in [4.78, 5) is 0. The number of hydrogen-bond donors (Lipinski definition) is 0. The summed E-state index contributed by atoms with van der Waals surface area (Å²) in [5.74, 6) is 0.591. The van der Waals surface area contributed by atoms with E-state index in [4.69, 9.17) is 4.74 Å². The van der Waals surface area contributed by atoms with Gasteiger partial charge in [0.2, 0.25) is 0 Å². The molecule has 132 valence electrons. The molecule has 0 radical (unpaired) electrons. The van der Waals surface area contributed by atoms with E-state index in [0.717, 1.165) is 16.1 Å². The maximum atomic E-state index is 13.6. The molecule has 1 aliphatic rings. The van der Waals surface area contributed by atoms with Crippen LogP contribution in [0.4, 0.5) is 18.9 Å². The minimum Gasteiger partial charge on any atom is -0.497 e. The Bertz CT molecular complexity index is 815. The van der Waals surface area contributed by atoms with Crippen LogP contribution < -0.4 is 9.75 Å². The minimum atomic E-state index is -4.37. The van der Waals surface area contributed by atoms with Crippen molar-refractivity contribution >= 4 is 11.4 Å². The van der Waals surface area contributed by atoms with Crippen molar-refractivity contribution < 1.29 is 17.9 Å². The van der Waals surface area contributed by atoms with E-state index in [2.05, 4.69) is 5.10 Å². The van der Waals surface area contributed by atoms with Crippen molar-refractivity contribution in [3.63, 3.8) is 0 Å². The van der Waals surface area contributed by atoms with Gasteiger partial charge < -0.3 is 4.74 Å². The van der Waals surface area contributed by atoms with E-state index in [1.807, 2.05) is 13.0 Å². The Morgan fingerprint density at radius 2 is 1.88 bits per heavy atom. The number of ether oxygens (including phenoxy) is 1. The van der Waals surface area contributed by atoms with Gasteiger partial charge in [-0.15, -0.1) is 0 Å². The van der Waals surface area contributed by atoms with Crippen LogP contribution in [0.25, 0.3) is 0 Å². The Morgan fingerprint density at radius 3 is 2.52 bits per heavy atom. The molecule has 0 unspecified atom stereocenters. The molecule has 1 atom stereocenters. The van der Waals surface area contributed by atoms with Crippen LogP contribution in [-0.2, 0) is 0 Å². The minimum absolute atomic E-state index is 0.190. The van der Waals surface area contributed by atoms with Gasteiger partial charge in [0.1, 0.15) is 5.75 Å². The number of methoxy groups -OCH3 is 1. The van der Waals surface area contributed by atoms with Gasteiger partial charge in [0.05, 0.1) is 18.5 Å². The Balaban J connectivity index is 2.04. The highest BCUT2D eigenvalue weighted by atomic mass is 19.4. The van der Waals surface area contributed by atoms with Crippen LogP contribution in [0, 0.1) is 13.8 Å². The fraction of sp³-hybridized carbons (Fsp3) is 0.316. The first-order chi connectivity index (χ1) is 11.8. The summed E-state index contributed by atoms with van der Waals surface area (Å²) in [5, 5.41) is 5.42. The molecule has 6 heteroatoms. The first-order valence-electron chi connectivity index (χ1n) is 7.94. The van der Waals surface area contributed by atoms with Crippen molar-refractivity contribution in [3.05, 3.63) is 59.2 Å². The highest BCUT2D eigenvalue weighted by molar-refractivity contribution is 6.03. The van der Waals surface area contributed by atoms with Crippen molar-refractivity contribution in [2.24, 2.45) is 5.10 Å². The van der Waals surface area contributed by atoms with Crippen LogP contribution in [0.15, 0.2) is 47.6 Å². The van der Waals surface area contributed by atoms with Crippen LogP contribution >= 0.6 is 0 Å². The third-order valence-corrected chi connectivity index (χ3v) is 4.29. The molecule has 0 fully saturated rings. The standard InChI is InChI=1S/C19H19F3N2O/c1-12-7-8-17(13(2)9-12)24-18(19(20,21)22)11-16(23-24)14-5-4-6-15(10-14)25-3/h4-10,18H,11H2,1-3H3/t18-/m0/s1. The van der Waals surface area contributed by atoms with Gasteiger partial charge in [0.25, 0.3) is 0 Å². The number of benzene rings is 2. The van der Waals surface area contributed by atoms with Crippen molar-refractivity contribution in [2.75, 3.05) is 12.1 Å². The lowest BCUT2D eigenvalue weighted by molar-refractivity contribution is -0.145. The number of nitrogens with zero attached hydrogens (tertiary/aromatic N) is 2. The summed E-state index contributed by atoms with van der Waals surface area (Å²) in [6.07, 6.45) is -4.56. The second kappa shape index (κ2) is 6.43. The Labute approximate surface area is 144 Å². The lowest BCUT2D eigenvalue weighted by Crippen LogP contribution is -2.40. The fourth-order valence-electron chi connectivity index (χ4n) is 3.03. The third-order valence-electron chi connectivity index (χ3n) is 4.29. The van der Waals surface area contributed by atoms with Gasteiger partial charge >= 0.3 is 6.18 Å². The van der Waals surface area contributed by atoms with Gasteiger partial charge in [-0.25, -0.2) is 0 Å². The lowest BCUT2D eigenvalue weighted by Gasteiger charge is -2.26. The molecule has 0 aliphatic carbocycles. The smallest absolute Gasteiger partial charge is 0.411 e. The Kier molecular flexibility index (Phi) is 4.45. The molecule has 0 saturated heterocycles. The number of halogens is 3. The van der Waals surface area contributed by atoms with Crippen LogP contribution in [-0.4, -0.2) is 25.0 Å².